The van der Waals surface area contributed by atoms with Crippen LogP contribution in [0.1, 0.15) is 36.6 Å². The first-order valence-corrected chi connectivity index (χ1v) is 8.69. The van der Waals surface area contributed by atoms with Gasteiger partial charge in [0.25, 0.3) is 0 Å². The van der Waals surface area contributed by atoms with Crippen molar-refractivity contribution in [3.05, 3.63) is 70.2 Å². The van der Waals surface area contributed by atoms with Crippen molar-refractivity contribution in [2.45, 2.75) is 25.5 Å². The summed E-state index contributed by atoms with van der Waals surface area (Å²) in [5, 5.41) is 0. The van der Waals surface area contributed by atoms with E-state index in [1.54, 1.807) is 0 Å². The zero-order valence-corrected chi connectivity index (χ0v) is 14.5. The van der Waals surface area contributed by atoms with Crippen molar-refractivity contribution in [3.8, 4) is 0 Å². The van der Waals surface area contributed by atoms with Crippen LogP contribution in [0.5, 0.6) is 0 Å². The maximum Gasteiger partial charge on any atom is 0.0952 e. The molecule has 1 aliphatic heterocycles. The Bertz CT molecular complexity index is 601. The van der Waals surface area contributed by atoms with Gasteiger partial charge in [-0.3, -0.25) is 4.90 Å². The molecule has 2 unspecified atom stereocenters. The van der Waals surface area contributed by atoms with E-state index < -0.39 is 0 Å². The van der Waals surface area contributed by atoms with Crippen LogP contribution in [-0.2, 0) is 4.74 Å². The Hall–Kier alpha value is -1.16. The molecule has 2 nitrogen and oxygen atoms in total. The Kier molecular flexibility index (Phi) is 5.29. The lowest BCUT2D eigenvalue weighted by Gasteiger charge is -2.30. The first-order chi connectivity index (χ1) is 10.7. The number of ether oxygens (including phenoxy) is 1. The zero-order valence-electron chi connectivity index (χ0n) is 12.9. The van der Waals surface area contributed by atoms with E-state index in [0.29, 0.717) is 6.04 Å². The van der Waals surface area contributed by atoms with E-state index in [1.807, 2.05) is 0 Å². The molecule has 2 atom stereocenters. The molecule has 1 fully saturated rings. The SMILES string of the molecule is CC(c1ccccc1)N1CCCOC(c2cccc(Br)c2)C1. The first kappa shape index (κ1) is 15.7. The highest BCUT2D eigenvalue weighted by molar-refractivity contribution is 9.10. The summed E-state index contributed by atoms with van der Waals surface area (Å²) in [6.45, 7) is 5.14. The summed E-state index contributed by atoms with van der Waals surface area (Å²) in [5.74, 6) is 0. The van der Waals surface area contributed by atoms with Gasteiger partial charge in [-0.2, -0.15) is 0 Å². The lowest BCUT2D eigenvalue weighted by atomic mass is 10.0. The molecule has 0 aromatic heterocycles. The Morgan fingerprint density at radius 3 is 2.73 bits per heavy atom. The molecule has 22 heavy (non-hydrogen) atoms. The van der Waals surface area contributed by atoms with Crippen molar-refractivity contribution < 1.29 is 4.74 Å². The number of nitrogens with zero attached hydrogens (tertiary/aromatic N) is 1. The summed E-state index contributed by atoms with van der Waals surface area (Å²) in [4.78, 5) is 2.54. The summed E-state index contributed by atoms with van der Waals surface area (Å²) in [5.41, 5.74) is 2.62. The summed E-state index contributed by atoms with van der Waals surface area (Å²) < 4.78 is 7.21. The third kappa shape index (κ3) is 3.78. The molecule has 0 N–H and O–H groups in total. The molecule has 3 heteroatoms. The maximum atomic E-state index is 6.10. The van der Waals surface area contributed by atoms with Gasteiger partial charge >= 0.3 is 0 Å². The van der Waals surface area contributed by atoms with Crippen LogP contribution < -0.4 is 0 Å². The van der Waals surface area contributed by atoms with Gasteiger partial charge in [0.2, 0.25) is 0 Å². The van der Waals surface area contributed by atoms with Crippen LogP contribution >= 0.6 is 15.9 Å². The fourth-order valence-corrected chi connectivity index (χ4v) is 3.47. The van der Waals surface area contributed by atoms with Crippen molar-refractivity contribution >= 4 is 15.9 Å². The summed E-state index contributed by atoms with van der Waals surface area (Å²) in [6.07, 6.45) is 1.23. The van der Waals surface area contributed by atoms with Gasteiger partial charge in [-0.1, -0.05) is 58.4 Å². The third-order valence-electron chi connectivity index (χ3n) is 4.36. The van der Waals surface area contributed by atoms with Crippen LogP contribution in [0.4, 0.5) is 0 Å². The molecule has 0 amide bonds. The van der Waals surface area contributed by atoms with E-state index in [4.69, 9.17) is 4.74 Å². The second kappa shape index (κ2) is 7.40. The molecule has 1 aliphatic rings. The molecule has 0 aliphatic carbocycles. The van der Waals surface area contributed by atoms with E-state index >= 15 is 0 Å². The van der Waals surface area contributed by atoms with E-state index in [1.165, 1.54) is 11.1 Å². The van der Waals surface area contributed by atoms with E-state index in [-0.39, 0.29) is 6.10 Å². The molecular weight excluding hydrogens is 338 g/mol. The molecule has 1 saturated heterocycles. The molecule has 116 valence electrons. The molecule has 2 aromatic rings. The fraction of sp³-hybridized carbons (Fsp3) is 0.368. The van der Waals surface area contributed by atoms with Crippen LogP contribution in [0.25, 0.3) is 0 Å². The van der Waals surface area contributed by atoms with Gasteiger partial charge in [0.15, 0.2) is 0 Å². The summed E-state index contributed by atoms with van der Waals surface area (Å²) in [6, 6.07) is 19.6. The zero-order chi connectivity index (χ0) is 15.4. The number of halogens is 1. The first-order valence-electron chi connectivity index (χ1n) is 7.90. The number of rotatable bonds is 3. The third-order valence-corrected chi connectivity index (χ3v) is 4.85. The highest BCUT2D eigenvalue weighted by atomic mass is 79.9. The molecule has 0 saturated carbocycles. The van der Waals surface area contributed by atoms with Crippen LogP contribution in [0.15, 0.2) is 59.1 Å². The second-order valence-corrected chi connectivity index (χ2v) is 6.77. The van der Waals surface area contributed by atoms with Crippen molar-refractivity contribution in [3.63, 3.8) is 0 Å². The van der Waals surface area contributed by atoms with E-state index in [0.717, 1.165) is 30.6 Å². The van der Waals surface area contributed by atoms with Crippen LogP contribution in [0, 0.1) is 0 Å². The molecule has 3 rings (SSSR count). The van der Waals surface area contributed by atoms with Gasteiger partial charge in [0.1, 0.15) is 0 Å². The summed E-state index contributed by atoms with van der Waals surface area (Å²) in [7, 11) is 0. The van der Waals surface area contributed by atoms with Gasteiger partial charge in [0, 0.05) is 30.2 Å². The molecule has 1 heterocycles. The Balaban J connectivity index is 1.78. The van der Waals surface area contributed by atoms with Gasteiger partial charge in [0.05, 0.1) is 6.10 Å². The van der Waals surface area contributed by atoms with Crippen molar-refractivity contribution in [2.75, 3.05) is 19.7 Å². The number of hydrogen-bond donors (Lipinski definition) is 0. The largest absolute Gasteiger partial charge is 0.372 e. The fourth-order valence-electron chi connectivity index (χ4n) is 3.05. The predicted molar refractivity (Wildman–Crippen MR) is 93.9 cm³/mol. The quantitative estimate of drug-likeness (QED) is 0.766. The number of hydrogen-bond acceptors (Lipinski definition) is 2. The predicted octanol–water partition coefficient (Wildman–Crippen LogP) is 4.97. The lowest BCUT2D eigenvalue weighted by Crippen LogP contribution is -2.30. The van der Waals surface area contributed by atoms with Crippen molar-refractivity contribution in [1.82, 2.24) is 4.90 Å². The minimum atomic E-state index is 0.145. The van der Waals surface area contributed by atoms with Crippen molar-refractivity contribution in [1.29, 1.82) is 0 Å². The normalized spacial score (nSPS) is 21.3. The average molecular weight is 360 g/mol. The van der Waals surface area contributed by atoms with Gasteiger partial charge in [-0.25, -0.2) is 0 Å². The van der Waals surface area contributed by atoms with Crippen LogP contribution in [-0.4, -0.2) is 24.6 Å². The highest BCUT2D eigenvalue weighted by Gasteiger charge is 2.24. The monoisotopic (exact) mass is 359 g/mol. The Morgan fingerprint density at radius 1 is 1.14 bits per heavy atom. The average Bonchev–Trinajstić information content (AvgIpc) is 2.81. The number of benzene rings is 2. The molecule has 0 radical (unpaired) electrons. The Labute approximate surface area is 141 Å². The van der Waals surface area contributed by atoms with Gasteiger partial charge in [-0.05, 0) is 36.6 Å². The molecule has 0 bridgehead atoms. The second-order valence-electron chi connectivity index (χ2n) is 5.85. The van der Waals surface area contributed by atoms with Gasteiger partial charge < -0.3 is 4.74 Å². The minimum Gasteiger partial charge on any atom is -0.372 e. The molecular formula is C19H22BrNO. The standard InChI is InChI=1S/C19H22BrNO/c1-15(16-7-3-2-4-8-16)21-11-6-12-22-19(14-21)17-9-5-10-18(20)13-17/h2-5,7-10,13,15,19H,6,11-12,14H2,1H3. The Morgan fingerprint density at radius 2 is 1.95 bits per heavy atom. The molecule has 0 spiro atoms. The van der Waals surface area contributed by atoms with Crippen molar-refractivity contribution in [2.24, 2.45) is 0 Å². The summed E-state index contributed by atoms with van der Waals surface area (Å²) >= 11 is 3.56. The van der Waals surface area contributed by atoms with E-state index in [9.17, 15) is 0 Å². The molecule has 2 aromatic carbocycles. The van der Waals surface area contributed by atoms with Crippen LogP contribution in [0.2, 0.25) is 0 Å². The van der Waals surface area contributed by atoms with Gasteiger partial charge in [-0.15, -0.1) is 0 Å². The minimum absolute atomic E-state index is 0.145. The smallest absolute Gasteiger partial charge is 0.0952 e. The van der Waals surface area contributed by atoms with Crippen LogP contribution in [0.3, 0.4) is 0 Å². The maximum absolute atomic E-state index is 6.10. The van der Waals surface area contributed by atoms with E-state index in [2.05, 4.69) is 82.4 Å². The highest BCUT2D eigenvalue weighted by Crippen LogP contribution is 2.29. The topological polar surface area (TPSA) is 12.5 Å². The lowest BCUT2D eigenvalue weighted by molar-refractivity contribution is 0.0482.